The molecule has 0 aliphatic heterocycles. The van der Waals surface area contributed by atoms with Gasteiger partial charge < -0.3 is 10.1 Å². The van der Waals surface area contributed by atoms with Crippen molar-refractivity contribution in [3.05, 3.63) is 23.9 Å². The molecule has 1 N–H and O–H groups in total. The number of aromatic nitrogens is 1. The number of pyridine rings is 1. The van der Waals surface area contributed by atoms with Crippen LogP contribution in [-0.4, -0.2) is 24.1 Å². The zero-order valence-corrected chi connectivity index (χ0v) is 11.7. The lowest BCUT2D eigenvalue weighted by atomic mass is 9.98. The summed E-state index contributed by atoms with van der Waals surface area (Å²) in [5.74, 6) is 2.05. The molecule has 1 fully saturated rings. The standard InChI is InChI=1S/C15H22N2O2/c1-3-19-15(18)13-7-8-14(17-10-13)16-9-12-6-4-5-11(12)2/h7-8,10-12H,3-6,9H2,1-2H3,(H,16,17). The predicted octanol–water partition coefficient (Wildman–Crippen LogP) is 3.11. The van der Waals surface area contributed by atoms with Crippen molar-refractivity contribution in [2.75, 3.05) is 18.5 Å². The topological polar surface area (TPSA) is 51.2 Å². The van der Waals surface area contributed by atoms with Crippen LogP contribution in [0.1, 0.15) is 43.5 Å². The van der Waals surface area contributed by atoms with Crippen molar-refractivity contribution in [3.63, 3.8) is 0 Å². The molecule has 19 heavy (non-hydrogen) atoms. The fourth-order valence-corrected chi connectivity index (χ4v) is 2.59. The second-order valence-corrected chi connectivity index (χ2v) is 5.20. The van der Waals surface area contributed by atoms with E-state index in [0.717, 1.165) is 24.2 Å². The highest BCUT2D eigenvalue weighted by molar-refractivity contribution is 5.89. The Labute approximate surface area is 114 Å². The number of carbonyl (C=O) groups is 1. The molecule has 4 heteroatoms. The highest BCUT2D eigenvalue weighted by atomic mass is 16.5. The molecule has 4 nitrogen and oxygen atoms in total. The van der Waals surface area contributed by atoms with E-state index < -0.39 is 0 Å². The van der Waals surface area contributed by atoms with E-state index in [1.54, 1.807) is 19.2 Å². The molecule has 2 atom stereocenters. The van der Waals surface area contributed by atoms with Crippen LogP contribution in [0.25, 0.3) is 0 Å². The lowest BCUT2D eigenvalue weighted by Gasteiger charge is -2.16. The Morgan fingerprint density at radius 1 is 1.47 bits per heavy atom. The summed E-state index contributed by atoms with van der Waals surface area (Å²) in [7, 11) is 0. The monoisotopic (exact) mass is 262 g/mol. The van der Waals surface area contributed by atoms with Crippen molar-refractivity contribution in [1.29, 1.82) is 0 Å². The summed E-state index contributed by atoms with van der Waals surface area (Å²) in [6, 6.07) is 3.59. The first kappa shape index (κ1) is 13.8. The van der Waals surface area contributed by atoms with Gasteiger partial charge >= 0.3 is 5.97 Å². The van der Waals surface area contributed by atoms with E-state index in [0.29, 0.717) is 12.2 Å². The lowest BCUT2D eigenvalue weighted by molar-refractivity contribution is 0.0526. The van der Waals surface area contributed by atoms with E-state index in [1.165, 1.54) is 19.3 Å². The number of nitrogens with one attached hydrogen (secondary N) is 1. The van der Waals surface area contributed by atoms with Gasteiger partial charge in [0, 0.05) is 12.7 Å². The van der Waals surface area contributed by atoms with Gasteiger partial charge in [-0.3, -0.25) is 0 Å². The zero-order chi connectivity index (χ0) is 13.7. The quantitative estimate of drug-likeness (QED) is 0.828. The van der Waals surface area contributed by atoms with Crippen LogP contribution in [-0.2, 0) is 4.74 Å². The smallest absolute Gasteiger partial charge is 0.339 e. The second kappa shape index (κ2) is 6.55. The maximum absolute atomic E-state index is 11.5. The van der Waals surface area contributed by atoms with Gasteiger partial charge in [0.05, 0.1) is 12.2 Å². The van der Waals surface area contributed by atoms with Gasteiger partial charge in [-0.1, -0.05) is 19.8 Å². The van der Waals surface area contributed by atoms with Crippen LogP contribution < -0.4 is 5.32 Å². The molecule has 104 valence electrons. The Bertz CT molecular complexity index is 417. The van der Waals surface area contributed by atoms with Crippen molar-refractivity contribution in [2.45, 2.75) is 33.1 Å². The van der Waals surface area contributed by atoms with Crippen LogP contribution in [0.5, 0.6) is 0 Å². The third-order valence-electron chi connectivity index (χ3n) is 3.86. The number of ether oxygens (including phenoxy) is 1. The van der Waals surface area contributed by atoms with Gasteiger partial charge in [0.25, 0.3) is 0 Å². The van der Waals surface area contributed by atoms with Crippen molar-refractivity contribution < 1.29 is 9.53 Å². The van der Waals surface area contributed by atoms with Crippen LogP contribution in [0.2, 0.25) is 0 Å². The molecule has 0 saturated heterocycles. The van der Waals surface area contributed by atoms with Gasteiger partial charge in [0.15, 0.2) is 0 Å². The van der Waals surface area contributed by atoms with Crippen LogP contribution >= 0.6 is 0 Å². The summed E-state index contributed by atoms with van der Waals surface area (Å²) in [5.41, 5.74) is 0.502. The summed E-state index contributed by atoms with van der Waals surface area (Å²) < 4.78 is 4.92. The number of carbonyl (C=O) groups excluding carboxylic acids is 1. The van der Waals surface area contributed by atoms with Crippen LogP contribution in [0.3, 0.4) is 0 Å². The van der Waals surface area contributed by atoms with Crippen molar-refractivity contribution in [2.24, 2.45) is 11.8 Å². The Morgan fingerprint density at radius 3 is 2.89 bits per heavy atom. The Morgan fingerprint density at radius 2 is 2.32 bits per heavy atom. The average molecular weight is 262 g/mol. The summed E-state index contributed by atoms with van der Waals surface area (Å²) in [6.07, 6.45) is 5.54. The Hall–Kier alpha value is -1.58. The molecule has 0 bridgehead atoms. The van der Waals surface area contributed by atoms with Gasteiger partial charge in [0.1, 0.15) is 5.82 Å². The molecular weight excluding hydrogens is 240 g/mol. The van der Waals surface area contributed by atoms with Crippen LogP contribution in [0.15, 0.2) is 18.3 Å². The maximum Gasteiger partial charge on any atom is 0.339 e. The van der Waals surface area contributed by atoms with E-state index in [1.807, 2.05) is 6.07 Å². The first-order valence-electron chi connectivity index (χ1n) is 7.07. The fourth-order valence-electron chi connectivity index (χ4n) is 2.59. The number of rotatable bonds is 5. The van der Waals surface area contributed by atoms with Gasteiger partial charge in [-0.25, -0.2) is 9.78 Å². The Kier molecular flexibility index (Phi) is 4.77. The number of hydrogen-bond donors (Lipinski definition) is 1. The summed E-state index contributed by atoms with van der Waals surface area (Å²) in [4.78, 5) is 15.7. The van der Waals surface area contributed by atoms with E-state index in [9.17, 15) is 4.79 Å². The molecular formula is C15H22N2O2. The first-order chi connectivity index (χ1) is 9.20. The minimum absolute atomic E-state index is 0.314. The van der Waals surface area contributed by atoms with E-state index in [2.05, 4.69) is 17.2 Å². The molecule has 1 aromatic rings. The Balaban J connectivity index is 1.86. The SMILES string of the molecule is CCOC(=O)c1ccc(NCC2CCCC2C)nc1. The largest absolute Gasteiger partial charge is 0.462 e. The molecule has 1 aliphatic carbocycles. The third kappa shape index (κ3) is 3.69. The molecule has 1 aromatic heterocycles. The van der Waals surface area contributed by atoms with Gasteiger partial charge in [-0.2, -0.15) is 0 Å². The molecule has 0 amide bonds. The van der Waals surface area contributed by atoms with E-state index in [4.69, 9.17) is 4.74 Å². The second-order valence-electron chi connectivity index (χ2n) is 5.20. The normalized spacial score (nSPS) is 22.2. The predicted molar refractivity (Wildman–Crippen MR) is 75.2 cm³/mol. The van der Waals surface area contributed by atoms with Crippen molar-refractivity contribution >= 4 is 11.8 Å². The van der Waals surface area contributed by atoms with Gasteiger partial charge in [-0.15, -0.1) is 0 Å². The van der Waals surface area contributed by atoms with Gasteiger partial charge in [-0.05, 0) is 37.3 Å². The molecule has 0 aromatic carbocycles. The minimum Gasteiger partial charge on any atom is -0.462 e. The molecule has 2 unspecified atom stereocenters. The summed E-state index contributed by atoms with van der Waals surface area (Å²) in [5, 5.41) is 3.35. The molecule has 2 rings (SSSR count). The maximum atomic E-state index is 11.5. The number of esters is 1. The van der Waals surface area contributed by atoms with E-state index in [-0.39, 0.29) is 5.97 Å². The van der Waals surface area contributed by atoms with Crippen LogP contribution in [0, 0.1) is 11.8 Å². The first-order valence-corrected chi connectivity index (χ1v) is 7.07. The lowest BCUT2D eigenvalue weighted by Crippen LogP contribution is -2.17. The molecule has 1 aliphatic rings. The average Bonchev–Trinajstić information content (AvgIpc) is 2.83. The molecule has 0 spiro atoms. The number of hydrogen-bond acceptors (Lipinski definition) is 4. The fraction of sp³-hybridized carbons (Fsp3) is 0.600. The molecule has 1 heterocycles. The minimum atomic E-state index is -0.314. The summed E-state index contributed by atoms with van der Waals surface area (Å²) >= 11 is 0. The third-order valence-corrected chi connectivity index (χ3v) is 3.86. The van der Waals surface area contributed by atoms with Crippen molar-refractivity contribution in [3.8, 4) is 0 Å². The zero-order valence-electron chi connectivity index (χ0n) is 11.7. The highest BCUT2D eigenvalue weighted by Crippen LogP contribution is 2.31. The highest BCUT2D eigenvalue weighted by Gasteiger charge is 2.22. The van der Waals surface area contributed by atoms with Crippen LogP contribution in [0.4, 0.5) is 5.82 Å². The molecule has 0 radical (unpaired) electrons. The van der Waals surface area contributed by atoms with Gasteiger partial charge in [0.2, 0.25) is 0 Å². The van der Waals surface area contributed by atoms with Crippen molar-refractivity contribution in [1.82, 2.24) is 4.98 Å². The van der Waals surface area contributed by atoms with E-state index >= 15 is 0 Å². The summed E-state index contributed by atoms with van der Waals surface area (Å²) in [6.45, 7) is 5.46. The number of nitrogens with zero attached hydrogens (tertiary/aromatic N) is 1. The number of anilines is 1. The molecule has 1 saturated carbocycles.